The molecule has 0 saturated heterocycles. The summed E-state index contributed by atoms with van der Waals surface area (Å²) in [6, 6.07) is 19.3. The Morgan fingerprint density at radius 3 is 2.54 bits per heavy atom. The standard InChI is InChI=1S/C22H22N4O2/c1-17-15-24-22(25-19-11-6-3-7-12-19)26-21(17)23-14-8-13-20(27)28-16-18-9-4-2-5-10-18/h2-13,15H,14,16H2,1H3,(H2,23,24,25,26). The Labute approximate surface area is 164 Å². The van der Waals surface area contributed by atoms with Gasteiger partial charge in [0.2, 0.25) is 5.95 Å². The summed E-state index contributed by atoms with van der Waals surface area (Å²) in [4.78, 5) is 20.5. The molecule has 3 rings (SSSR count). The van der Waals surface area contributed by atoms with Crippen LogP contribution in [-0.2, 0) is 16.1 Å². The molecule has 0 unspecified atom stereocenters. The van der Waals surface area contributed by atoms with Gasteiger partial charge in [0.05, 0.1) is 0 Å². The number of carbonyl (C=O) groups is 1. The van der Waals surface area contributed by atoms with Crippen LogP contribution >= 0.6 is 0 Å². The lowest BCUT2D eigenvalue weighted by Crippen LogP contribution is -2.07. The van der Waals surface area contributed by atoms with Crippen LogP contribution in [0.4, 0.5) is 17.5 Å². The number of nitrogens with one attached hydrogen (secondary N) is 2. The van der Waals surface area contributed by atoms with Crippen molar-refractivity contribution in [2.75, 3.05) is 17.2 Å². The SMILES string of the molecule is Cc1cnc(Nc2ccccc2)nc1NCC=CC(=O)OCc1ccccc1. The third kappa shape index (κ3) is 5.95. The molecule has 0 saturated carbocycles. The molecule has 2 N–H and O–H groups in total. The van der Waals surface area contributed by atoms with Gasteiger partial charge >= 0.3 is 5.97 Å². The molecular weight excluding hydrogens is 352 g/mol. The third-order valence-corrected chi connectivity index (χ3v) is 3.87. The molecule has 0 bridgehead atoms. The van der Waals surface area contributed by atoms with Crippen LogP contribution in [0.3, 0.4) is 0 Å². The molecule has 0 spiro atoms. The number of hydrogen-bond donors (Lipinski definition) is 2. The van der Waals surface area contributed by atoms with Crippen LogP contribution in [0.25, 0.3) is 0 Å². The van der Waals surface area contributed by atoms with Gasteiger partial charge in [-0.3, -0.25) is 0 Å². The molecule has 0 radical (unpaired) electrons. The molecule has 0 aliphatic heterocycles. The molecule has 1 aromatic heterocycles. The molecule has 0 amide bonds. The van der Waals surface area contributed by atoms with Crippen molar-refractivity contribution in [1.82, 2.24) is 9.97 Å². The van der Waals surface area contributed by atoms with E-state index in [2.05, 4.69) is 20.6 Å². The first kappa shape index (κ1) is 19.1. The highest BCUT2D eigenvalue weighted by molar-refractivity contribution is 5.82. The number of hydrogen-bond acceptors (Lipinski definition) is 6. The molecular formula is C22H22N4O2. The fraction of sp³-hybridized carbons (Fsp3) is 0.136. The minimum absolute atomic E-state index is 0.261. The number of ether oxygens (including phenoxy) is 1. The second-order valence-corrected chi connectivity index (χ2v) is 6.09. The Bertz CT molecular complexity index is 928. The van der Waals surface area contributed by atoms with Crippen LogP contribution in [-0.4, -0.2) is 22.5 Å². The third-order valence-electron chi connectivity index (χ3n) is 3.87. The van der Waals surface area contributed by atoms with Crippen LogP contribution in [0.15, 0.2) is 79.0 Å². The molecule has 0 aliphatic rings. The minimum Gasteiger partial charge on any atom is -0.458 e. The van der Waals surface area contributed by atoms with E-state index in [4.69, 9.17) is 4.74 Å². The molecule has 0 fully saturated rings. The van der Waals surface area contributed by atoms with Crippen molar-refractivity contribution < 1.29 is 9.53 Å². The van der Waals surface area contributed by atoms with Gasteiger partial charge in [0.15, 0.2) is 0 Å². The second kappa shape index (κ2) is 9.87. The first-order valence-electron chi connectivity index (χ1n) is 8.97. The largest absolute Gasteiger partial charge is 0.458 e. The van der Waals surface area contributed by atoms with Crippen molar-refractivity contribution in [3.63, 3.8) is 0 Å². The number of anilines is 3. The zero-order valence-corrected chi connectivity index (χ0v) is 15.6. The summed E-state index contributed by atoms with van der Waals surface area (Å²) < 4.78 is 5.20. The molecule has 142 valence electrons. The molecule has 6 nitrogen and oxygen atoms in total. The van der Waals surface area contributed by atoms with Crippen molar-refractivity contribution in [1.29, 1.82) is 0 Å². The van der Waals surface area contributed by atoms with Crippen LogP contribution in [0, 0.1) is 6.92 Å². The summed E-state index contributed by atoms with van der Waals surface area (Å²) in [6.07, 6.45) is 4.87. The normalized spacial score (nSPS) is 10.6. The molecule has 0 aliphatic carbocycles. The number of aromatic nitrogens is 2. The van der Waals surface area contributed by atoms with E-state index in [0.717, 1.165) is 16.8 Å². The van der Waals surface area contributed by atoms with Gasteiger partial charge in [0.25, 0.3) is 0 Å². The zero-order valence-electron chi connectivity index (χ0n) is 15.6. The first-order valence-corrected chi connectivity index (χ1v) is 8.97. The van der Waals surface area contributed by atoms with Gasteiger partial charge < -0.3 is 15.4 Å². The van der Waals surface area contributed by atoms with E-state index in [1.807, 2.05) is 67.6 Å². The van der Waals surface area contributed by atoms with Gasteiger partial charge in [0.1, 0.15) is 12.4 Å². The van der Waals surface area contributed by atoms with Crippen LogP contribution < -0.4 is 10.6 Å². The monoisotopic (exact) mass is 374 g/mol. The van der Waals surface area contributed by atoms with E-state index in [0.29, 0.717) is 18.3 Å². The Morgan fingerprint density at radius 1 is 1.07 bits per heavy atom. The Balaban J connectivity index is 1.49. The Kier molecular flexibility index (Phi) is 6.73. The van der Waals surface area contributed by atoms with Gasteiger partial charge in [-0.1, -0.05) is 54.6 Å². The van der Waals surface area contributed by atoms with E-state index in [9.17, 15) is 4.79 Å². The van der Waals surface area contributed by atoms with Gasteiger partial charge in [-0.25, -0.2) is 9.78 Å². The lowest BCUT2D eigenvalue weighted by molar-refractivity contribution is -0.139. The summed E-state index contributed by atoms with van der Waals surface area (Å²) in [5.41, 5.74) is 2.79. The fourth-order valence-electron chi connectivity index (χ4n) is 2.42. The molecule has 2 aromatic carbocycles. The Morgan fingerprint density at radius 2 is 1.79 bits per heavy atom. The maximum atomic E-state index is 11.8. The smallest absolute Gasteiger partial charge is 0.330 e. The van der Waals surface area contributed by atoms with Crippen molar-refractivity contribution in [3.05, 3.63) is 90.1 Å². The average molecular weight is 374 g/mol. The van der Waals surface area contributed by atoms with Crippen molar-refractivity contribution in [3.8, 4) is 0 Å². The van der Waals surface area contributed by atoms with Crippen molar-refractivity contribution in [2.24, 2.45) is 0 Å². The van der Waals surface area contributed by atoms with E-state index in [1.54, 1.807) is 12.3 Å². The van der Waals surface area contributed by atoms with E-state index < -0.39 is 0 Å². The maximum absolute atomic E-state index is 11.8. The fourth-order valence-corrected chi connectivity index (χ4v) is 2.42. The number of carbonyl (C=O) groups excluding carboxylic acids is 1. The molecule has 0 atom stereocenters. The highest BCUT2D eigenvalue weighted by atomic mass is 16.5. The summed E-state index contributed by atoms with van der Waals surface area (Å²) >= 11 is 0. The van der Waals surface area contributed by atoms with Crippen LogP contribution in [0.5, 0.6) is 0 Å². The number of esters is 1. The highest BCUT2D eigenvalue weighted by Gasteiger charge is 2.04. The van der Waals surface area contributed by atoms with Crippen molar-refractivity contribution in [2.45, 2.75) is 13.5 Å². The van der Waals surface area contributed by atoms with Gasteiger partial charge in [-0.05, 0) is 24.6 Å². The number of nitrogens with zero attached hydrogens (tertiary/aromatic N) is 2. The van der Waals surface area contributed by atoms with Gasteiger partial charge in [-0.15, -0.1) is 0 Å². The highest BCUT2D eigenvalue weighted by Crippen LogP contribution is 2.16. The Hall–Kier alpha value is -3.67. The molecule has 28 heavy (non-hydrogen) atoms. The quantitative estimate of drug-likeness (QED) is 0.454. The zero-order chi connectivity index (χ0) is 19.6. The topological polar surface area (TPSA) is 76.1 Å². The molecule has 6 heteroatoms. The van der Waals surface area contributed by atoms with E-state index >= 15 is 0 Å². The van der Waals surface area contributed by atoms with Crippen LogP contribution in [0.1, 0.15) is 11.1 Å². The van der Waals surface area contributed by atoms with Gasteiger partial charge in [-0.2, -0.15) is 4.98 Å². The predicted molar refractivity (Wildman–Crippen MR) is 110 cm³/mol. The summed E-state index contributed by atoms with van der Waals surface area (Å²) in [6.45, 7) is 2.63. The minimum atomic E-state index is -0.378. The lowest BCUT2D eigenvalue weighted by Gasteiger charge is -2.09. The summed E-state index contributed by atoms with van der Waals surface area (Å²) in [5, 5.41) is 6.34. The summed E-state index contributed by atoms with van der Waals surface area (Å²) in [5.74, 6) is 0.831. The maximum Gasteiger partial charge on any atom is 0.330 e. The molecule has 3 aromatic rings. The average Bonchev–Trinajstić information content (AvgIpc) is 2.73. The predicted octanol–water partition coefficient (Wildman–Crippen LogP) is 4.24. The number of aryl methyl sites for hydroxylation is 1. The lowest BCUT2D eigenvalue weighted by atomic mass is 10.2. The van der Waals surface area contributed by atoms with Crippen molar-refractivity contribution >= 4 is 23.4 Å². The second-order valence-electron chi connectivity index (χ2n) is 6.09. The van der Waals surface area contributed by atoms with E-state index in [1.165, 1.54) is 6.08 Å². The number of rotatable bonds is 8. The van der Waals surface area contributed by atoms with Gasteiger partial charge in [0, 0.05) is 30.1 Å². The number of para-hydroxylation sites is 1. The first-order chi connectivity index (χ1) is 13.7. The molecule has 1 heterocycles. The van der Waals surface area contributed by atoms with E-state index in [-0.39, 0.29) is 12.6 Å². The summed E-state index contributed by atoms with van der Waals surface area (Å²) in [7, 11) is 0. The van der Waals surface area contributed by atoms with Crippen LogP contribution in [0.2, 0.25) is 0 Å². The number of benzene rings is 2.